The Labute approximate surface area is 138 Å². The number of carbonyl (C=O) groups is 1. The van der Waals surface area contributed by atoms with Gasteiger partial charge >= 0.3 is 5.97 Å². The van der Waals surface area contributed by atoms with Crippen LogP contribution in [-0.4, -0.2) is 21.5 Å². The third kappa shape index (κ3) is 2.01. The summed E-state index contributed by atoms with van der Waals surface area (Å²) < 4.78 is 37.0. The largest absolute Gasteiger partial charge is 0.463 e. The Morgan fingerprint density at radius 3 is 2.62 bits per heavy atom. The molecule has 0 spiro atoms. The van der Waals surface area contributed by atoms with Crippen LogP contribution in [0.3, 0.4) is 0 Å². The summed E-state index contributed by atoms with van der Waals surface area (Å²) in [5.74, 6) is -0.195. The molecule has 0 unspecified atom stereocenters. The number of hydrogen-bond acceptors (Lipinski definition) is 5. The predicted molar refractivity (Wildman–Crippen MR) is 87.4 cm³/mol. The summed E-state index contributed by atoms with van der Waals surface area (Å²) in [5.41, 5.74) is 0.610. The van der Waals surface area contributed by atoms with Gasteiger partial charge in [0.05, 0.1) is 24.2 Å². The number of esters is 1. The number of nitrogens with zero attached hydrogens (tertiary/aromatic N) is 1. The van der Waals surface area contributed by atoms with E-state index in [0.29, 0.717) is 16.8 Å². The maximum Gasteiger partial charge on any atom is 0.373 e. The first-order chi connectivity index (χ1) is 11.5. The first-order valence-electron chi connectivity index (χ1n) is 7.24. The Bertz CT molecular complexity index is 1060. The highest BCUT2D eigenvalue weighted by molar-refractivity contribution is 7.93. The lowest BCUT2D eigenvalue weighted by atomic mass is 10.1. The number of ether oxygens (including phenoxy) is 1. The van der Waals surface area contributed by atoms with E-state index in [-0.39, 0.29) is 17.2 Å². The van der Waals surface area contributed by atoms with Gasteiger partial charge in [-0.3, -0.25) is 4.31 Å². The van der Waals surface area contributed by atoms with Gasteiger partial charge in [0.15, 0.2) is 0 Å². The van der Waals surface area contributed by atoms with Gasteiger partial charge in [-0.05, 0) is 29.7 Å². The summed E-state index contributed by atoms with van der Waals surface area (Å²) in [7, 11) is -2.40. The summed E-state index contributed by atoms with van der Waals surface area (Å²) in [4.78, 5) is 11.8. The fraction of sp³-hybridized carbons (Fsp3) is 0.118. The van der Waals surface area contributed by atoms with Crippen molar-refractivity contribution in [2.75, 3.05) is 11.4 Å². The summed E-state index contributed by atoms with van der Waals surface area (Å²) in [6, 6.07) is 13.7. The SMILES string of the molecule is COC(=O)c1ccc(CN2c3cccc4cccc(c34)S2(=O)=O)o1. The van der Waals surface area contributed by atoms with Crippen LogP contribution in [0.1, 0.15) is 16.3 Å². The summed E-state index contributed by atoms with van der Waals surface area (Å²) in [6.45, 7) is 0.00706. The van der Waals surface area contributed by atoms with Gasteiger partial charge in [0, 0.05) is 5.39 Å². The maximum absolute atomic E-state index is 12.9. The van der Waals surface area contributed by atoms with E-state index in [4.69, 9.17) is 4.42 Å². The van der Waals surface area contributed by atoms with Crippen molar-refractivity contribution in [3.8, 4) is 0 Å². The van der Waals surface area contributed by atoms with Crippen LogP contribution in [0.2, 0.25) is 0 Å². The zero-order valence-electron chi connectivity index (χ0n) is 12.7. The average Bonchev–Trinajstić information content (AvgIpc) is 3.13. The Kier molecular flexibility index (Phi) is 3.14. The second-order valence-electron chi connectivity index (χ2n) is 5.40. The van der Waals surface area contributed by atoms with Crippen LogP contribution in [0.4, 0.5) is 5.69 Å². The molecular formula is C17H13NO5S. The van der Waals surface area contributed by atoms with Gasteiger partial charge in [0.2, 0.25) is 5.76 Å². The van der Waals surface area contributed by atoms with E-state index in [1.807, 2.05) is 18.2 Å². The number of hydrogen-bond donors (Lipinski definition) is 0. The monoisotopic (exact) mass is 343 g/mol. The number of sulfonamides is 1. The van der Waals surface area contributed by atoms with Gasteiger partial charge < -0.3 is 9.15 Å². The van der Waals surface area contributed by atoms with E-state index in [2.05, 4.69) is 4.74 Å². The van der Waals surface area contributed by atoms with Crippen molar-refractivity contribution in [2.24, 2.45) is 0 Å². The van der Waals surface area contributed by atoms with Crippen LogP contribution < -0.4 is 4.31 Å². The van der Waals surface area contributed by atoms with Gasteiger partial charge in [-0.25, -0.2) is 13.2 Å². The Balaban J connectivity index is 1.79. The lowest BCUT2D eigenvalue weighted by Crippen LogP contribution is -2.26. The molecule has 2 aromatic carbocycles. The summed E-state index contributed by atoms with van der Waals surface area (Å²) in [6.07, 6.45) is 0. The van der Waals surface area contributed by atoms with Gasteiger partial charge in [-0.15, -0.1) is 0 Å². The van der Waals surface area contributed by atoms with E-state index < -0.39 is 16.0 Å². The molecule has 0 amide bonds. The zero-order valence-corrected chi connectivity index (χ0v) is 13.5. The standard InChI is InChI=1S/C17H13NO5S/c1-22-17(19)14-9-8-12(23-14)10-18-13-6-2-4-11-5-3-7-15(16(11)13)24(18,20)21/h2-9H,10H2,1H3. The molecule has 7 heteroatoms. The van der Waals surface area contributed by atoms with E-state index in [9.17, 15) is 13.2 Å². The van der Waals surface area contributed by atoms with Gasteiger partial charge in [-0.1, -0.05) is 24.3 Å². The highest BCUT2D eigenvalue weighted by Crippen LogP contribution is 2.42. The molecule has 0 atom stereocenters. The summed E-state index contributed by atoms with van der Waals surface area (Å²) >= 11 is 0. The smallest absolute Gasteiger partial charge is 0.373 e. The van der Waals surface area contributed by atoms with Crippen molar-refractivity contribution >= 4 is 32.5 Å². The number of anilines is 1. The minimum absolute atomic E-state index is 0.00706. The first kappa shape index (κ1) is 14.8. The molecule has 0 radical (unpaired) electrons. The van der Waals surface area contributed by atoms with Crippen molar-refractivity contribution in [3.63, 3.8) is 0 Å². The molecular weight excluding hydrogens is 330 g/mol. The highest BCUT2D eigenvalue weighted by atomic mass is 32.2. The quantitative estimate of drug-likeness (QED) is 0.683. The number of furan rings is 1. The van der Waals surface area contributed by atoms with Crippen LogP contribution in [0.5, 0.6) is 0 Å². The van der Waals surface area contributed by atoms with Crippen LogP contribution in [-0.2, 0) is 21.3 Å². The second kappa shape index (κ2) is 5.10. The Hall–Kier alpha value is -2.80. The molecule has 24 heavy (non-hydrogen) atoms. The van der Waals surface area contributed by atoms with E-state index in [1.165, 1.54) is 17.5 Å². The maximum atomic E-state index is 12.9. The van der Waals surface area contributed by atoms with Crippen molar-refractivity contribution in [1.82, 2.24) is 0 Å². The fourth-order valence-corrected chi connectivity index (χ4v) is 4.62. The Morgan fingerprint density at radius 2 is 1.88 bits per heavy atom. The minimum Gasteiger partial charge on any atom is -0.463 e. The van der Waals surface area contributed by atoms with Gasteiger partial charge in [0.25, 0.3) is 10.0 Å². The fourth-order valence-electron chi connectivity index (χ4n) is 2.94. The molecule has 3 aromatic rings. The molecule has 122 valence electrons. The van der Waals surface area contributed by atoms with Crippen LogP contribution >= 0.6 is 0 Å². The summed E-state index contributed by atoms with van der Waals surface area (Å²) in [5, 5.41) is 1.57. The highest BCUT2D eigenvalue weighted by Gasteiger charge is 2.36. The molecule has 2 heterocycles. The van der Waals surface area contributed by atoms with Crippen LogP contribution in [0.25, 0.3) is 10.8 Å². The number of benzene rings is 2. The topological polar surface area (TPSA) is 76.8 Å². The van der Waals surface area contributed by atoms with Crippen molar-refractivity contribution < 1.29 is 22.4 Å². The normalized spacial score (nSPS) is 15.0. The molecule has 0 saturated carbocycles. The lowest BCUT2D eigenvalue weighted by molar-refractivity contribution is 0.0563. The van der Waals surface area contributed by atoms with Crippen LogP contribution in [0.15, 0.2) is 57.8 Å². The Morgan fingerprint density at radius 1 is 1.12 bits per heavy atom. The third-order valence-corrected chi connectivity index (χ3v) is 5.83. The third-order valence-electron chi connectivity index (χ3n) is 4.03. The molecule has 0 N–H and O–H groups in total. The minimum atomic E-state index is -3.66. The molecule has 0 aliphatic carbocycles. The molecule has 1 aliphatic rings. The van der Waals surface area contributed by atoms with Crippen molar-refractivity contribution in [3.05, 3.63) is 60.1 Å². The molecule has 4 rings (SSSR count). The van der Waals surface area contributed by atoms with E-state index in [0.717, 1.165) is 5.39 Å². The van der Waals surface area contributed by atoms with Gasteiger partial charge in [0.1, 0.15) is 5.76 Å². The van der Waals surface area contributed by atoms with Crippen molar-refractivity contribution in [1.29, 1.82) is 0 Å². The molecule has 1 aromatic heterocycles. The van der Waals surface area contributed by atoms with Crippen molar-refractivity contribution in [2.45, 2.75) is 11.4 Å². The number of rotatable bonds is 3. The zero-order chi connectivity index (χ0) is 16.9. The van der Waals surface area contributed by atoms with E-state index >= 15 is 0 Å². The number of carbonyl (C=O) groups excluding carboxylic acids is 1. The lowest BCUT2D eigenvalue weighted by Gasteiger charge is -2.17. The first-order valence-corrected chi connectivity index (χ1v) is 8.68. The molecule has 0 fully saturated rings. The predicted octanol–water partition coefficient (Wildman–Crippen LogP) is 2.93. The van der Waals surface area contributed by atoms with Crippen LogP contribution in [0, 0.1) is 0 Å². The average molecular weight is 343 g/mol. The molecule has 6 nitrogen and oxygen atoms in total. The molecule has 0 saturated heterocycles. The van der Waals surface area contributed by atoms with E-state index in [1.54, 1.807) is 24.3 Å². The molecule has 0 bridgehead atoms. The van der Waals surface area contributed by atoms with Gasteiger partial charge in [-0.2, -0.15) is 0 Å². The second-order valence-corrected chi connectivity index (χ2v) is 7.23. The number of methoxy groups -OCH3 is 1. The molecule has 1 aliphatic heterocycles.